The minimum Gasteiger partial charge on any atom is -0.491 e. The van der Waals surface area contributed by atoms with Gasteiger partial charge in [-0.1, -0.05) is 0 Å². The highest BCUT2D eigenvalue weighted by Gasteiger charge is 2.12. The molecule has 21 heavy (non-hydrogen) atoms. The summed E-state index contributed by atoms with van der Waals surface area (Å²) in [5.41, 5.74) is 0.427. The Morgan fingerprint density at radius 3 is 2.29 bits per heavy atom. The van der Waals surface area contributed by atoms with Crippen LogP contribution in [0.2, 0.25) is 0 Å². The normalized spacial score (nSPS) is 11.6. The number of hydrogen-bond acceptors (Lipinski definition) is 6. The molecule has 6 nitrogen and oxygen atoms in total. The Morgan fingerprint density at radius 1 is 1.10 bits per heavy atom. The lowest BCUT2D eigenvalue weighted by Gasteiger charge is -2.12. The van der Waals surface area contributed by atoms with Crippen LogP contribution in [0.4, 0.5) is 0 Å². The van der Waals surface area contributed by atoms with Gasteiger partial charge in [0.25, 0.3) is 0 Å². The Kier molecular flexibility index (Phi) is 7.25. The summed E-state index contributed by atoms with van der Waals surface area (Å²) >= 11 is 0. The molecule has 0 aliphatic heterocycles. The van der Waals surface area contributed by atoms with E-state index in [9.17, 15) is 14.7 Å². The van der Waals surface area contributed by atoms with E-state index >= 15 is 0 Å². The van der Waals surface area contributed by atoms with Gasteiger partial charge < -0.3 is 19.3 Å². The summed E-state index contributed by atoms with van der Waals surface area (Å²) in [5, 5.41) is 9.62. The van der Waals surface area contributed by atoms with Crippen LogP contribution in [0.5, 0.6) is 5.75 Å². The van der Waals surface area contributed by atoms with E-state index in [0.29, 0.717) is 17.9 Å². The first-order valence-corrected chi connectivity index (χ1v) is 6.80. The fourth-order valence-corrected chi connectivity index (χ4v) is 1.57. The van der Waals surface area contributed by atoms with Crippen LogP contribution < -0.4 is 4.74 Å². The molecular formula is C15H20O6. The molecule has 0 aliphatic carbocycles. The van der Waals surface area contributed by atoms with Gasteiger partial charge in [-0.3, -0.25) is 4.79 Å². The maximum Gasteiger partial charge on any atom is 0.338 e. The van der Waals surface area contributed by atoms with Crippen LogP contribution in [0.1, 0.15) is 30.6 Å². The third kappa shape index (κ3) is 6.27. The number of carbonyl (C=O) groups is 2. The fourth-order valence-electron chi connectivity index (χ4n) is 1.57. The molecule has 116 valence electrons. The lowest BCUT2D eigenvalue weighted by atomic mass is 10.2. The third-order valence-electron chi connectivity index (χ3n) is 2.52. The van der Waals surface area contributed by atoms with Crippen LogP contribution in [0.25, 0.3) is 0 Å². The summed E-state index contributed by atoms with van der Waals surface area (Å²) in [7, 11) is 0. The van der Waals surface area contributed by atoms with Crippen molar-refractivity contribution in [3.05, 3.63) is 29.8 Å². The van der Waals surface area contributed by atoms with Crippen molar-refractivity contribution in [2.24, 2.45) is 0 Å². The van der Waals surface area contributed by atoms with Gasteiger partial charge in [-0.25, -0.2) is 4.79 Å². The predicted molar refractivity (Wildman–Crippen MR) is 75.2 cm³/mol. The van der Waals surface area contributed by atoms with E-state index in [4.69, 9.17) is 14.2 Å². The summed E-state index contributed by atoms with van der Waals surface area (Å²) in [5.74, 6) is -0.372. The number of benzene rings is 1. The second-order valence-corrected chi connectivity index (χ2v) is 4.22. The number of carbonyl (C=O) groups excluding carboxylic acids is 2. The fraction of sp³-hybridized carbons (Fsp3) is 0.467. The van der Waals surface area contributed by atoms with Gasteiger partial charge in [0.05, 0.1) is 31.3 Å². The van der Waals surface area contributed by atoms with Gasteiger partial charge >= 0.3 is 11.9 Å². The monoisotopic (exact) mass is 296 g/mol. The molecule has 1 N–H and O–H groups in total. The van der Waals surface area contributed by atoms with E-state index in [1.807, 2.05) is 0 Å². The lowest BCUT2D eigenvalue weighted by Crippen LogP contribution is -2.22. The Balaban J connectivity index is 2.42. The van der Waals surface area contributed by atoms with E-state index < -0.39 is 18.0 Å². The zero-order valence-electron chi connectivity index (χ0n) is 12.2. The molecule has 0 radical (unpaired) electrons. The van der Waals surface area contributed by atoms with Crippen LogP contribution in [0, 0.1) is 0 Å². The number of rotatable bonds is 8. The van der Waals surface area contributed by atoms with E-state index in [-0.39, 0.29) is 19.6 Å². The molecule has 0 fully saturated rings. The zero-order chi connectivity index (χ0) is 15.7. The van der Waals surface area contributed by atoms with Gasteiger partial charge in [0.2, 0.25) is 0 Å². The molecule has 0 amide bonds. The van der Waals surface area contributed by atoms with Gasteiger partial charge in [-0.2, -0.15) is 0 Å². The molecule has 1 rings (SSSR count). The van der Waals surface area contributed by atoms with Crippen LogP contribution >= 0.6 is 0 Å². The zero-order valence-corrected chi connectivity index (χ0v) is 12.2. The summed E-state index contributed by atoms with van der Waals surface area (Å²) in [6, 6.07) is 6.35. The standard InChI is InChI=1S/C15H20O6/c1-3-19-14(17)9-12(16)10-21-13-7-5-11(6-8-13)15(18)20-4-2/h5-8,12,16H,3-4,9-10H2,1-2H3/t12-/m1/s1. The third-order valence-corrected chi connectivity index (χ3v) is 2.52. The molecule has 1 aromatic carbocycles. The minimum absolute atomic E-state index is 0.0302. The van der Waals surface area contributed by atoms with Gasteiger partial charge in [-0.05, 0) is 38.1 Å². The average molecular weight is 296 g/mol. The van der Waals surface area contributed by atoms with E-state index in [0.717, 1.165) is 0 Å². The first kappa shape index (κ1) is 17.0. The second-order valence-electron chi connectivity index (χ2n) is 4.22. The summed E-state index contributed by atoms with van der Waals surface area (Å²) in [6.07, 6.45) is -1.05. The quantitative estimate of drug-likeness (QED) is 0.733. The van der Waals surface area contributed by atoms with Crippen molar-refractivity contribution in [1.82, 2.24) is 0 Å². The Hall–Kier alpha value is -2.08. The van der Waals surface area contributed by atoms with Crippen LogP contribution in [0.15, 0.2) is 24.3 Å². The molecule has 0 bridgehead atoms. The maximum absolute atomic E-state index is 11.5. The van der Waals surface area contributed by atoms with Gasteiger partial charge in [-0.15, -0.1) is 0 Å². The highest BCUT2D eigenvalue weighted by molar-refractivity contribution is 5.89. The first-order valence-electron chi connectivity index (χ1n) is 6.80. The maximum atomic E-state index is 11.5. The molecule has 1 aromatic rings. The summed E-state index contributed by atoms with van der Waals surface area (Å²) < 4.78 is 14.9. The first-order chi connectivity index (χ1) is 10.1. The smallest absolute Gasteiger partial charge is 0.338 e. The number of ether oxygens (including phenoxy) is 3. The van der Waals surface area contributed by atoms with Crippen molar-refractivity contribution in [2.75, 3.05) is 19.8 Å². The Morgan fingerprint density at radius 2 is 1.71 bits per heavy atom. The van der Waals surface area contributed by atoms with Crippen LogP contribution in [-0.4, -0.2) is 43.0 Å². The van der Waals surface area contributed by atoms with E-state index in [2.05, 4.69) is 0 Å². The SMILES string of the molecule is CCOC(=O)C[C@@H](O)COc1ccc(C(=O)OCC)cc1. The van der Waals surface area contributed by atoms with Crippen molar-refractivity contribution < 1.29 is 28.9 Å². The lowest BCUT2D eigenvalue weighted by molar-refractivity contribution is -0.145. The molecule has 0 spiro atoms. The Labute approximate surface area is 123 Å². The molecule has 0 aromatic heterocycles. The summed E-state index contributed by atoms with van der Waals surface area (Å²) in [4.78, 5) is 22.6. The predicted octanol–water partition coefficient (Wildman–Crippen LogP) is 1.56. The molecule has 1 atom stereocenters. The van der Waals surface area contributed by atoms with Gasteiger partial charge in [0.15, 0.2) is 0 Å². The minimum atomic E-state index is -0.936. The van der Waals surface area contributed by atoms with Gasteiger partial charge in [0.1, 0.15) is 12.4 Å². The second kappa shape index (κ2) is 8.97. The average Bonchev–Trinajstić information content (AvgIpc) is 2.46. The molecule has 0 heterocycles. The molecule has 0 saturated carbocycles. The molecule has 0 unspecified atom stereocenters. The van der Waals surface area contributed by atoms with Crippen LogP contribution in [-0.2, 0) is 14.3 Å². The van der Waals surface area contributed by atoms with Crippen molar-refractivity contribution in [2.45, 2.75) is 26.4 Å². The number of hydrogen-bond donors (Lipinski definition) is 1. The number of aliphatic hydroxyl groups is 1. The van der Waals surface area contributed by atoms with Crippen molar-refractivity contribution >= 4 is 11.9 Å². The highest BCUT2D eigenvalue weighted by atomic mass is 16.5. The molecule has 0 saturated heterocycles. The topological polar surface area (TPSA) is 82.1 Å². The van der Waals surface area contributed by atoms with Crippen molar-refractivity contribution in [3.8, 4) is 5.75 Å². The van der Waals surface area contributed by atoms with Gasteiger partial charge in [0, 0.05) is 0 Å². The van der Waals surface area contributed by atoms with Crippen LogP contribution in [0.3, 0.4) is 0 Å². The summed E-state index contributed by atoms with van der Waals surface area (Å²) in [6.45, 7) is 4.00. The van der Waals surface area contributed by atoms with Crippen molar-refractivity contribution in [3.63, 3.8) is 0 Å². The molecular weight excluding hydrogens is 276 g/mol. The highest BCUT2D eigenvalue weighted by Crippen LogP contribution is 2.13. The molecule has 0 aliphatic rings. The number of aliphatic hydroxyl groups excluding tert-OH is 1. The number of esters is 2. The van der Waals surface area contributed by atoms with E-state index in [1.165, 1.54) is 0 Å². The van der Waals surface area contributed by atoms with E-state index in [1.54, 1.807) is 38.1 Å². The molecule has 6 heteroatoms. The largest absolute Gasteiger partial charge is 0.491 e. The Bertz CT molecular complexity index is 454. The van der Waals surface area contributed by atoms with Crippen molar-refractivity contribution in [1.29, 1.82) is 0 Å².